The van der Waals surface area contributed by atoms with Gasteiger partial charge in [-0.3, -0.25) is 9.05 Å². The zero-order chi connectivity index (χ0) is 32.2. The van der Waals surface area contributed by atoms with Crippen LogP contribution in [0.1, 0.15) is 41.6 Å². The van der Waals surface area contributed by atoms with Crippen molar-refractivity contribution in [1.29, 1.82) is 0 Å². The first kappa shape index (κ1) is 23.1. The third-order valence-electron chi connectivity index (χ3n) is 9.25. The molecule has 43 heavy (non-hydrogen) atoms. The molecule has 3 aliphatic heterocycles. The molecule has 4 aromatic carbocycles. The zero-order valence-electron chi connectivity index (χ0n) is 28.2. The van der Waals surface area contributed by atoms with E-state index in [2.05, 4.69) is 112 Å². The Balaban J connectivity index is 1.24. The van der Waals surface area contributed by atoms with Crippen molar-refractivity contribution in [3.8, 4) is 17.2 Å². The van der Waals surface area contributed by atoms with Crippen LogP contribution in [0.3, 0.4) is 0 Å². The predicted molar refractivity (Wildman–Crippen MR) is 178 cm³/mol. The lowest BCUT2D eigenvalue weighted by atomic mass is 9.86. The molecule has 214 valence electrons. The molecule has 5 nitrogen and oxygen atoms in total. The summed E-state index contributed by atoms with van der Waals surface area (Å²) in [4.78, 5) is 4.74. The van der Waals surface area contributed by atoms with Crippen molar-refractivity contribution in [3.05, 3.63) is 121 Å². The topological polar surface area (TPSA) is 27.1 Å². The van der Waals surface area contributed by atoms with E-state index in [0.29, 0.717) is 16.9 Å². The molecule has 0 aliphatic carbocycles. The molecule has 2 atom stereocenters. The molecule has 2 aromatic heterocycles. The Morgan fingerprint density at radius 1 is 0.837 bits per heavy atom. The molecule has 0 unspecified atom stereocenters. The number of pyridine rings is 1. The molecular formula is C38H37N4O+. The van der Waals surface area contributed by atoms with Gasteiger partial charge >= 0.3 is 0 Å². The number of aryl methyl sites for hydroxylation is 2. The zero-order valence-corrected chi connectivity index (χ0v) is 25.2. The smallest absolute Gasteiger partial charge is 0.181 e. The van der Waals surface area contributed by atoms with Gasteiger partial charge in [0.2, 0.25) is 0 Å². The van der Waals surface area contributed by atoms with Gasteiger partial charge in [0.05, 0.1) is 29.0 Å². The molecule has 9 rings (SSSR count). The Morgan fingerprint density at radius 2 is 1.60 bits per heavy atom. The van der Waals surface area contributed by atoms with E-state index in [0.717, 1.165) is 67.1 Å². The van der Waals surface area contributed by atoms with Crippen LogP contribution in [0.4, 0.5) is 17.1 Å². The first-order chi connectivity index (χ1) is 21.8. The highest BCUT2D eigenvalue weighted by Crippen LogP contribution is 2.61. The second kappa shape index (κ2) is 8.79. The first-order valence-electron chi connectivity index (χ1n) is 16.3. The SMILES string of the molecule is [2H]C([2H])([2H])[N@+]12[CH-][N@+](c3cc(Oc4cccc(-n5c6ccccc6c6cccnc65)c4)cc(C(C)(C)C)c3)(C1)c1cc(C)c(C)cc12. The lowest BCUT2D eigenvalue weighted by Gasteiger charge is -2.55. The number of aromatic nitrogens is 2. The number of hydrogen-bond donors (Lipinski definition) is 0. The van der Waals surface area contributed by atoms with Crippen molar-refractivity contribution < 1.29 is 8.85 Å². The van der Waals surface area contributed by atoms with Gasteiger partial charge in [0.1, 0.15) is 22.8 Å². The van der Waals surface area contributed by atoms with E-state index < -0.39 is 6.98 Å². The van der Waals surface area contributed by atoms with Crippen LogP contribution in [-0.4, -0.2) is 23.2 Å². The molecular weight excluding hydrogens is 528 g/mol. The van der Waals surface area contributed by atoms with Crippen molar-refractivity contribution in [2.45, 2.75) is 40.0 Å². The Labute approximate surface area is 257 Å². The average molecular weight is 569 g/mol. The number of quaternary nitrogens is 2. The van der Waals surface area contributed by atoms with Crippen molar-refractivity contribution in [2.24, 2.45) is 0 Å². The maximum Gasteiger partial charge on any atom is 0.181 e. The second-order valence-electron chi connectivity index (χ2n) is 13.2. The van der Waals surface area contributed by atoms with E-state index in [9.17, 15) is 0 Å². The van der Waals surface area contributed by atoms with Gasteiger partial charge in [-0.25, -0.2) is 4.98 Å². The van der Waals surface area contributed by atoms with Crippen molar-refractivity contribution in [2.75, 3.05) is 13.6 Å². The molecule has 1 fully saturated rings. The maximum atomic E-state index is 8.51. The molecule has 5 heterocycles. The Kier molecular flexibility index (Phi) is 4.71. The van der Waals surface area contributed by atoms with Gasteiger partial charge < -0.3 is 9.22 Å². The molecule has 3 aliphatic rings. The van der Waals surface area contributed by atoms with Crippen molar-refractivity contribution in [3.63, 3.8) is 0 Å². The maximum absolute atomic E-state index is 8.51. The number of nitrogens with zero attached hydrogens (tertiary/aromatic N) is 4. The molecule has 0 radical (unpaired) electrons. The Morgan fingerprint density at radius 3 is 2.40 bits per heavy atom. The van der Waals surface area contributed by atoms with Gasteiger partial charge in [0, 0.05) is 47.3 Å². The third-order valence-corrected chi connectivity index (χ3v) is 9.25. The number of benzene rings is 4. The monoisotopic (exact) mass is 568 g/mol. The molecule has 0 amide bonds. The third kappa shape index (κ3) is 3.81. The van der Waals surface area contributed by atoms with Gasteiger partial charge in [-0.2, -0.15) is 0 Å². The molecule has 0 N–H and O–H groups in total. The van der Waals surface area contributed by atoms with E-state index in [1.54, 1.807) is 0 Å². The van der Waals surface area contributed by atoms with Crippen LogP contribution in [0.2, 0.25) is 0 Å². The highest BCUT2D eigenvalue weighted by Gasteiger charge is 2.59. The molecule has 5 heteroatoms. The predicted octanol–water partition coefficient (Wildman–Crippen LogP) is 9.57. The number of rotatable bonds is 4. The largest absolute Gasteiger partial charge is 0.457 e. The lowest BCUT2D eigenvalue weighted by Crippen LogP contribution is -2.68. The summed E-state index contributed by atoms with van der Waals surface area (Å²) in [5.74, 6) is 1.43. The fourth-order valence-corrected chi connectivity index (χ4v) is 6.84. The number of hydrogen-bond acceptors (Lipinski definition) is 2. The molecule has 2 bridgehead atoms. The quantitative estimate of drug-likeness (QED) is 0.156. The first-order valence-corrected chi connectivity index (χ1v) is 14.8. The standard InChI is InChI=1S/C38H37N4O/c1-25-17-35-36(18-26(25)2)42(23-41(35,6)24-42)29-19-27(38(3,4)5)20-31(22-29)43-30-12-9-11-28(21-30)40-34-15-8-7-13-32(34)33-14-10-16-39-37(33)40/h7-23H,24H2,1-6H3/q+1/t41-,42+/m0/s1/i6D3. The van der Waals surface area contributed by atoms with E-state index in [4.69, 9.17) is 13.8 Å². The minimum absolute atomic E-state index is 0.117. The van der Waals surface area contributed by atoms with E-state index >= 15 is 0 Å². The van der Waals surface area contributed by atoms with Gasteiger partial charge in [-0.1, -0.05) is 45.0 Å². The average Bonchev–Trinajstić information content (AvgIpc) is 3.57. The van der Waals surface area contributed by atoms with Gasteiger partial charge in [-0.05, 0) is 72.4 Å². The van der Waals surface area contributed by atoms with Crippen LogP contribution in [0.25, 0.3) is 27.6 Å². The van der Waals surface area contributed by atoms with E-state index in [1.165, 1.54) is 0 Å². The van der Waals surface area contributed by atoms with Crippen LogP contribution in [0.15, 0.2) is 97.2 Å². The van der Waals surface area contributed by atoms with E-state index in [1.807, 2.05) is 31.1 Å². The summed E-state index contributed by atoms with van der Waals surface area (Å²) in [6.07, 6.45) is 1.83. The van der Waals surface area contributed by atoms with Crippen LogP contribution in [-0.2, 0) is 5.41 Å². The summed E-state index contributed by atoms with van der Waals surface area (Å²) >= 11 is 0. The fraction of sp³-hybridized carbons (Fsp3) is 0.211. The fourth-order valence-electron chi connectivity index (χ4n) is 6.84. The van der Waals surface area contributed by atoms with Crippen LogP contribution < -0.4 is 13.7 Å². The highest BCUT2D eigenvalue weighted by molar-refractivity contribution is 6.07. The second-order valence-corrected chi connectivity index (χ2v) is 13.2. The highest BCUT2D eigenvalue weighted by atomic mass is 16.5. The van der Waals surface area contributed by atoms with Gasteiger partial charge in [-0.15, -0.1) is 0 Å². The Bertz CT molecular complexity index is 2150. The minimum atomic E-state index is -2.20. The normalized spacial score (nSPS) is 22.1. The molecule has 0 saturated carbocycles. The summed E-state index contributed by atoms with van der Waals surface area (Å²) in [5.41, 5.74) is 9.07. The minimum Gasteiger partial charge on any atom is -0.457 e. The number of ether oxygens (including phenoxy) is 1. The van der Waals surface area contributed by atoms with Crippen LogP contribution in [0, 0.1) is 20.5 Å². The summed E-state index contributed by atoms with van der Waals surface area (Å²) in [6, 6.07) is 31.2. The van der Waals surface area contributed by atoms with Crippen LogP contribution in [0.5, 0.6) is 11.5 Å². The van der Waals surface area contributed by atoms with Crippen molar-refractivity contribution >= 4 is 39.0 Å². The molecule has 6 aromatic rings. The molecule has 0 spiro atoms. The summed E-state index contributed by atoms with van der Waals surface area (Å²) in [5, 5.41) is 2.26. The summed E-state index contributed by atoms with van der Waals surface area (Å²) in [6.45, 7) is 10.9. The lowest BCUT2D eigenvalue weighted by molar-refractivity contribution is 0.157. The summed E-state index contributed by atoms with van der Waals surface area (Å²) < 4.78 is 34.7. The summed E-state index contributed by atoms with van der Waals surface area (Å²) in [7, 11) is 0. The van der Waals surface area contributed by atoms with Gasteiger partial charge in [0.25, 0.3) is 0 Å². The number of para-hydroxylation sites is 1. The Hall–Kier alpha value is -4.45. The van der Waals surface area contributed by atoms with E-state index in [-0.39, 0.29) is 9.90 Å². The van der Waals surface area contributed by atoms with Crippen LogP contribution >= 0.6 is 0 Å². The van der Waals surface area contributed by atoms with Crippen molar-refractivity contribution in [1.82, 2.24) is 18.5 Å². The number of fused-ring (bicyclic) bond motifs is 3. The van der Waals surface area contributed by atoms with Gasteiger partial charge in [0.15, 0.2) is 18.0 Å². The molecule has 1 saturated heterocycles.